The minimum atomic E-state index is 0.0878. The van der Waals surface area contributed by atoms with Gasteiger partial charge in [-0.05, 0) is 31.1 Å². The SMILES string of the molecule is CC(C)C1CN(C(=O)c2cn3ccsc3n2)CCCN1CC1CC1. The largest absolute Gasteiger partial charge is 0.336 e. The summed E-state index contributed by atoms with van der Waals surface area (Å²) in [5, 5.41) is 1.99. The number of hydrogen-bond acceptors (Lipinski definition) is 4. The fraction of sp³-hybridized carbons (Fsp3) is 0.667. The third-order valence-electron chi connectivity index (χ3n) is 5.31. The van der Waals surface area contributed by atoms with Crippen LogP contribution >= 0.6 is 11.3 Å². The zero-order chi connectivity index (χ0) is 16.7. The number of nitrogens with zero attached hydrogens (tertiary/aromatic N) is 4. The molecule has 0 aromatic carbocycles. The lowest BCUT2D eigenvalue weighted by Crippen LogP contribution is -2.46. The molecular formula is C18H26N4OS. The van der Waals surface area contributed by atoms with E-state index in [1.165, 1.54) is 19.4 Å². The fourth-order valence-corrected chi connectivity index (χ4v) is 4.43. The van der Waals surface area contributed by atoms with Crippen LogP contribution in [0.25, 0.3) is 4.96 Å². The highest BCUT2D eigenvalue weighted by Gasteiger charge is 2.33. The van der Waals surface area contributed by atoms with Crippen LogP contribution in [0.5, 0.6) is 0 Å². The molecule has 2 aliphatic rings. The highest BCUT2D eigenvalue weighted by atomic mass is 32.1. The zero-order valence-electron chi connectivity index (χ0n) is 14.5. The van der Waals surface area contributed by atoms with Gasteiger partial charge in [0.25, 0.3) is 5.91 Å². The number of carbonyl (C=O) groups excluding carboxylic acids is 1. The smallest absolute Gasteiger partial charge is 0.274 e. The van der Waals surface area contributed by atoms with E-state index in [0.29, 0.717) is 17.7 Å². The molecule has 1 saturated carbocycles. The Hall–Kier alpha value is -1.40. The Bertz CT molecular complexity index is 689. The van der Waals surface area contributed by atoms with E-state index < -0.39 is 0 Å². The third-order valence-corrected chi connectivity index (χ3v) is 6.08. The molecule has 24 heavy (non-hydrogen) atoms. The molecule has 1 aliphatic heterocycles. The van der Waals surface area contributed by atoms with Crippen LogP contribution in [0.1, 0.15) is 43.6 Å². The van der Waals surface area contributed by atoms with Crippen molar-refractivity contribution in [2.75, 3.05) is 26.2 Å². The summed E-state index contributed by atoms with van der Waals surface area (Å²) in [6.07, 6.45) is 7.65. The van der Waals surface area contributed by atoms with Crippen molar-refractivity contribution in [1.82, 2.24) is 19.2 Å². The van der Waals surface area contributed by atoms with Gasteiger partial charge in [0, 0.05) is 50.0 Å². The Morgan fingerprint density at radius 3 is 2.92 bits per heavy atom. The van der Waals surface area contributed by atoms with Crippen LogP contribution in [0.15, 0.2) is 17.8 Å². The zero-order valence-corrected chi connectivity index (χ0v) is 15.3. The Morgan fingerprint density at radius 1 is 1.38 bits per heavy atom. The van der Waals surface area contributed by atoms with E-state index in [2.05, 4.69) is 23.7 Å². The van der Waals surface area contributed by atoms with Crippen molar-refractivity contribution in [1.29, 1.82) is 0 Å². The van der Waals surface area contributed by atoms with Gasteiger partial charge in [0.1, 0.15) is 5.69 Å². The Balaban J connectivity index is 1.51. The molecule has 0 radical (unpaired) electrons. The normalized spacial score (nSPS) is 23.1. The van der Waals surface area contributed by atoms with Gasteiger partial charge < -0.3 is 4.90 Å². The van der Waals surface area contributed by atoms with Crippen molar-refractivity contribution >= 4 is 22.2 Å². The van der Waals surface area contributed by atoms with Crippen LogP contribution in [0.3, 0.4) is 0 Å². The lowest BCUT2D eigenvalue weighted by atomic mass is 10.0. The molecule has 1 amide bonds. The van der Waals surface area contributed by atoms with E-state index in [4.69, 9.17) is 0 Å². The second-order valence-corrected chi connectivity index (χ2v) is 8.45. The van der Waals surface area contributed by atoms with Crippen LogP contribution in [-0.4, -0.2) is 57.3 Å². The van der Waals surface area contributed by atoms with Crippen molar-refractivity contribution in [2.45, 2.75) is 39.2 Å². The van der Waals surface area contributed by atoms with Gasteiger partial charge in [0.15, 0.2) is 4.96 Å². The Kier molecular flexibility index (Phi) is 4.35. The molecular weight excluding hydrogens is 320 g/mol. The Morgan fingerprint density at radius 2 is 2.21 bits per heavy atom. The summed E-state index contributed by atoms with van der Waals surface area (Å²) in [6.45, 7) is 8.56. The summed E-state index contributed by atoms with van der Waals surface area (Å²) in [5.41, 5.74) is 0.583. The number of rotatable bonds is 4. The average Bonchev–Trinajstić information content (AvgIpc) is 3.17. The highest BCUT2D eigenvalue weighted by molar-refractivity contribution is 7.15. The van der Waals surface area contributed by atoms with Gasteiger partial charge in [-0.1, -0.05) is 13.8 Å². The first kappa shape index (κ1) is 16.1. The van der Waals surface area contributed by atoms with Gasteiger partial charge in [0.2, 0.25) is 0 Å². The number of fused-ring (bicyclic) bond motifs is 1. The molecule has 2 aromatic rings. The van der Waals surface area contributed by atoms with Crippen molar-refractivity contribution in [3.63, 3.8) is 0 Å². The second-order valence-electron chi connectivity index (χ2n) is 7.57. The first-order valence-electron chi connectivity index (χ1n) is 9.07. The summed E-state index contributed by atoms with van der Waals surface area (Å²) in [7, 11) is 0. The van der Waals surface area contributed by atoms with Gasteiger partial charge in [-0.15, -0.1) is 11.3 Å². The minimum absolute atomic E-state index is 0.0878. The first-order valence-corrected chi connectivity index (χ1v) is 9.95. The summed E-state index contributed by atoms with van der Waals surface area (Å²) in [6, 6.07) is 0.459. The van der Waals surface area contributed by atoms with Gasteiger partial charge >= 0.3 is 0 Å². The molecule has 1 atom stereocenters. The summed E-state index contributed by atoms with van der Waals surface area (Å²) < 4.78 is 1.94. The van der Waals surface area contributed by atoms with E-state index in [0.717, 1.165) is 36.9 Å². The van der Waals surface area contributed by atoms with Crippen molar-refractivity contribution in [3.05, 3.63) is 23.5 Å². The molecule has 0 bridgehead atoms. The molecule has 130 valence electrons. The number of aromatic nitrogens is 2. The molecule has 2 fully saturated rings. The second kappa shape index (κ2) is 6.48. The predicted octanol–water partition coefficient (Wildman–Crippen LogP) is 2.98. The molecule has 0 N–H and O–H groups in total. The van der Waals surface area contributed by atoms with E-state index in [1.807, 2.05) is 27.1 Å². The molecule has 1 aliphatic carbocycles. The van der Waals surface area contributed by atoms with Crippen LogP contribution < -0.4 is 0 Å². The van der Waals surface area contributed by atoms with E-state index in [-0.39, 0.29) is 5.91 Å². The summed E-state index contributed by atoms with van der Waals surface area (Å²) in [4.78, 5) is 23.0. The molecule has 5 nitrogen and oxygen atoms in total. The van der Waals surface area contributed by atoms with Gasteiger partial charge in [0.05, 0.1) is 0 Å². The van der Waals surface area contributed by atoms with E-state index >= 15 is 0 Å². The van der Waals surface area contributed by atoms with Crippen molar-refractivity contribution in [3.8, 4) is 0 Å². The fourth-order valence-electron chi connectivity index (χ4n) is 3.73. The monoisotopic (exact) mass is 346 g/mol. The lowest BCUT2D eigenvalue weighted by Gasteiger charge is -2.34. The Labute approximate surface area is 147 Å². The molecule has 2 aromatic heterocycles. The molecule has 4 rings (SSSR count). The van der Waals surface area contributed by atoms with E-state index in [1.54, 1.807) is 11.3 Å². The molecule has 0 spiro atoms. The van der Waals surface area contributed by atoms with Crippen LogP contribution in [0.4, 0.5) is 0 Å². The van der Waals surface area contributed by atoms with Crippen molar-refractivity contribution in [2.24, 2.45) is 11.8 Å². The van der Waals surface area contributed by atoms with Crippen LogP contribution in [0, 0.1) is 11.8 Å². The molecule has 1 saturated heterocycles. The lowest BCUT2D eigenvalue weighted by molar-refractivity contribution is 0.0699. The molecule has 1 unspecified atom stereocenters. The number of carbonyl (C=O) groups is 1. The number of hydrogen-bond donors (Lipinski definition) is 0. The number of thiazole rings is 1. The highest BCUT2D eigenvalue weighted by Crippen LogP contribution is 2.32. The predicted molar refractivity (Wildman–Crippen MR) is 96.5 cm³/mol. The maximum absolute atomic E-state index is 13.0. The van der Waals surface area contributed by atoms with Crippen LogP contribution in [0.2, 0.25) is 0 Å². The first-order chi connectivity index (χ1) is 11.6. The standard InChI is InChI=1S/C18H26N4OS/c1-13(2)16-12-21(7-3-6-20(16)10-14-4-5-14)17(23)15-11-22-8-9-24-18(22)19-15/h8-9,11,13-14,16H,3-7,10,12H2,1-2H3. The average molecular weight is 347 g/mol. The third kappa shape index (κ3) is 3.22. The molecule has 3 heterocycles. The maximum Gasteiger partial charge on any atom is 0.274 e. The van der Waals surface area contributed by atoms with Crippen molar-refractivity contribution < 1.29 is 4.79 Å². The summed E-state index contributed by atoms with van der Waals surface area (Å²) in [5.74, 6) is 1.54. The number of amides is 1. The van der Waals surface area contributed by atoms with Crippen LogP contribution in [-0.2, 0) is 0 Å². The topological polar surface area (TPSA) is 40.9 Å². The molecule has 6 heteroatoms. The van der Waals surface area contributed by atoms with E-state index in [9.17, 15) is 4.79 Å². The summed E-state index contributed by atoms with van der Waals surface area (Å²) >= 11 is 1.57. The van der Waals surface area contributed by atoms with Gasteiger partial charge in [-0.2, -0.15) is 0 Å². The number of imidazole rings is 1. The minimum Gasteiger partial charge on any atom is -0.336 e. The van der Waals surface area contributed by atoms with Gasteiger partial charge in [-0.25, -0.2) is 4.98 Å². The van der Waals surface area contributed by atoms with Gasteiger partial charge in [-0.3, -0.25) is 14.1 Å². The quantitative estimate of drug-likeness (QED) is 0.854. The maximum atomic E-state index is 13.0.